The maximum atomic E-state index is 12.7. The molecule has 0 spiro atoms. The SMILES string of the molecule is COc1ccc(NC(=O)CSc2nnc(-c3ccc(Cl)cc3)n2-c2ccc(C)cc2)cc1OC. The number of halogens is 1. The fourth-order valence-electron chi connectivity index (χ4n) is 3.32. The number of aromatic nitrogens is 3. The van der Waals surface area contributed by atoms with Gasteiger partial charge < -0.3 is 14.8 Å². The summed E-state index contributed by atoms with van der Waals surface area (Å²) in [6, 6.07) is 20.7. The predicted octanol–water partition coefficient (Wildman–Crippen LogP) is 5.64. The molecule has 0 bridgehead atoms. The van der Waals surface area contributed by atoms with Crippen LogP contribution in [-0.2, 0) is 4.79 Å². The van der Waals surface area contributed by atoms with Crippen molar-refractivity contribution in [3.05, 3.63) is 77.3 Å². The smallest absolute Gasteiger partial charge is 0.234 e. The van der Waals surface area contributed by atoms with Gasteiger partial charge in [0.05, 0.1) is 20.0 Å². The minimum absolute atomic E-state index is 0.152. The Labute approximate surface area is 207 Å². The number of anilines is 1. The molecule has 0 aliphatic heterocycles. The summed E-state index contributed by atoms with van der Waals surface area (Å²) in [4.78, 5) is 12.7. The van der Waals surface area contributed by atoms with Gasteiger partial charge in [-0.05, 0) is 55.5 Å². The third kappa shape index (κ3) is 5.35. The van der Waals surface area contributed by atoms with Gasteiger partial charge in [-0.15, -0.1) is 10.2 Å². The van der Waals surface area contributed by atoms with Gasteiger partial charge in [-0.25, -0.2) is 0 Å². The van der Waals surface area contributed by atoms with E-state index in [9.17, 15) is 4.79 Å². The molecular formula is C25H23ClN4O3S. The third-order valence-corrected chi connectivity index (χ3v) is 6.21. The number of amides is 1. The molecular weight excluding hydrogens is 472 g/mol. The Bertz CT molecular complexity index is 1290. The number of thioether (sulfide) groups is 1. The number of carbonyl (C=O) groups excluding carboxylic acids is 1. The zero-order chi connectivity index (χ0) is 24.1. The summed E-state index contributed by atoms with van der Waals surface area (Å²) in [6.45, 7) is 2.03. The summed E-state index contributed by atoms with van der Waals surface area (Å²) in [5.74, 6) is 1.78. The van der Waals surface area contributed by atoms with Crippen molar-refractivity contribution in [1.82, 2.24) is 14.8 Å². The number of nitrogens with one attached hydrogen (secondary N) is 1. The van der Waals surface area contributed by atoms with E-state index >= 15 is 0 Å². The van der Waals surface area contributed by atoms with Crippen molar-refractivity contribution in [2.75, 3.05) is 25.3 Å². The molecule has 1 aromatic heterocycles. The van der Waals surface area contributed by atoms with Crippen LogP contribution >= 0.6 is 23.4 Å². The topological polar surface area (TPSA) is 78.3 Å². The lowest BCUT2D eigenvalue weighted by molar-refractivity contribution is -0.113. The van der Waals surface area contributed by atoms with Gasteiger partial charge >= 0.3 is 0 Å². The molecule has 0 aliphatic rings. The van der Waals surface area contributed by atoms with Crippen LogP contribution in [0.15, 0.2) is 71.9 Å². The monoisotopic (exact) mass is 494 g/mol. The maximum absolute atomic E-state index is 12.7. The van der Waals surface area contributed by atoms with E-state index in [4.69, 9.17) is 21.1 Å². The molecule has 0 saturated heterocycles. The van der Waals surface area contributed by atoms with Crippen molar-refractivity contribution in [3.63, 3.8) is 0 Å². The van der Waals surface area contributed by atoms with Crippen LogP contribution in [0.1, 0.15) is 5.56 Å². The second kappa shape index (κ2) is 10.6. The van der Waals surface area contributed by atoms with Crippen LogP contribution in [0.25, 0.3) is 17.1 Å². The van der Waals surface area contributed by atoms with Crippen LogP contribution in [0.4, 0.5) is 5.69 Å². The summed E-state index contributed by atoms with van der Waals surface area (Å²) in [5.41, 5.74) is 3.54. The van der Waals surface area contributed by atoms with E-state index in [2.05, 4.69) is 15.5 Å². The van der Waals surface area contributed by atoms with Crippen molar-refractivity contribution < 1.29 is 14.3 Å². The number of carbonyl (C=O) groups is 1. The van der Waals surface area contributed by atoms with Gasteiger partial charge in [-0.2, -0.15) is 0 Å². The normalized spacial score (nSPS) is 10.7. The minimum Gasteiger partial charge on any atom is -0.493 e. The van der Waals surface area contributed by atoms with E-state index in [1.54, 1.807) is 32.4 Å². The summed E-state index contributed by atoms with van der Waals surface area (Å²) in [7, 11) is 3.12. The molecule has 0 saturated carbocycles. The Kier molecular flexibility index (Phi) is 7.40. The predicted molar refractivity (Wildman–Crippen MR) is 135 cm³/mol. The Morgan fingerprint density at radius 2 is 1.68 bits per heavy atom. The number of nitrogens with zero attached hydrogens (tertiary/aromatic N) is 3. The standard InChI is InChI=1S/C25H23ClN4O3S/c1-16-4-11-20(12-5-16)30-24(17-6-8-18(26)9-7-17)28-29-25(30)34-15-23(31)27-19-10-13-21(32-2)22(14-19)33-3/h4-14H,15H2,1-3H3,(H,27,31). The van der Waals surface area contributed by atoms with E-state index in [-0.39, 0.29) is 11.7 Å². The highest BCUT2D eigenvalue weighted by atomic mass is 35.5. The van der Waals surface area contributed by atoms with Gasteiger partial charge in [0.2, 0.25) is 5.91 Å². The Hall–Kier alpha value is -3.49. The van der Waals surface area contributed by atoms with Crippen molar-refractivity contribution in [1.29, 1.82) is 0 Å². The second-order valence-electron chi connectivity index (χ2n) is 7.39. The molecule has 1 amide bonds. The van der Waals surface area contributed by atoms with Gasteiger partial charge in [0.15, 0.2) is 22.5 Å². The summed E-state index contributed by atoms with van der Waals surface area (Å²) in [5, 5.41) is 12.9. The number of aryl methyl sites for hydroxylation is 1. The minimum atomic E-state index is -0.177. The average molecular weight is 495 g/mol. The first-order chi connectivity index (χ1) is 16.5. The van der Waals surface area contributed by atoms with Crippen LogP contribution in [0.3, 0.4) is 0 Å². The molecule has 1 N–H and O–H groups in total. The lowest BCUT2D eigenvalue weighted by atomic mass is 10.2. The van der Waals surface area contributed by atoms with E-state index in [1.165, 1.54) is 11.8 Å². The Balaban J connectivity index is 1.56. The van der Waals surface area contributed by atoms with Crippen molar-refractivity contribution in [3.8, 4) is 28.6 Å². The quantitative estimate of drug-likeness (QED) is 0.319. The van der Waals surface area contributed by atoms with Crippen LogP contribution in [0.2, 0.25) is 5.02 Å². The molecule has 9 heteroatoms. The zero-order valence-corrected chi connectivity index (χ0v) is 20.5. The molecule has 0 radical (unpaired) electrons. The van der Waals surface area contributed by atoms with Gasteiger partial charge in [0.25, 0.3) is 0 Å². The van der Waals surface area contributed by atoms with Crippen molar-refractivity contribution in [2.45, 2.75) is 12.1 Å². The zero-order valence-electron chi connectivity index (χ0n) is 18.9. The maximum Gasteiger partial charge on any atom is 0.234 e. The van der Waals surface area contributed by atoms with Crippen molar-refractivity contribution >= 4 is 35.0 Å². The number of ether oxygens (including phenoxy) is 2. The Morgan fingerprint density at radius 3 is 2.35 bits per heavy atom. The summed E-state index contributed by atoms with van der Waals surface area (Å²) < 4.78 is 12.5. The van der Waals surface area contributed by atoms with Crippen molar-refractivity contribution in [2.24, 2.45) is 0 Å². The molecule has 3 aromatic carbocycles. The first-order valence-corrected chi connectivity index (χ1v) is 11.8. The lowest BCUT2D eigenvalue weighted by Crippen LogP contribution is -2.14. The number of benzene rings is 3. The molecule has 0 unspecified atom stereocenters. The molecule has 4 aromatic rings. The average Bonchev–Trinajstić information content (AvgIpc) is 3.27. The number of hydrogen-bond acceptors (Lipinski definition) is 6. The van der Waals surface area contributed by atoms with Gasteiger partial charge in [0.1, 0.15) is 0 Å². The van der Waals surface area contributed by atoms with Gasteiger partial charge in [0, 0.05) is 28.0 Å². The van der Waals surface area contributed by atoms with E-state index < -0.39 is 0 Å². The van der Waals surface area contributed by atoms with E-state index in [0.717, 1.165) is 16.8 Å². The molecule has 1 heterocycles. The third-order valence-electron chi connectivity index (χ3n) is 5.03. The largest absolute Gasteiger partial charge is 0.493 e. The fraction of sp³-hybridized carbons (Fsp3) is 0.160. The number of rotatable bonds is 8. The van der Waals surface area contributed by atoms with E-state index in [0.29, 0.717) is 33.2 Å². The van der Waals surface area contributed by atoms with Gasteiger partial charge in [-0.1, -0.05) is 41.1 Å². The highest BCUT2D eigenvalue weighted by Crippen LogP contribution is 2.31. The number of methoxy groups -OCH3 is 2. The number of hydrogen-bond donors (Lipinski definition) is 1. The van der Waals surface area contributed by atoms with Gasteiger partial charge in [-0.3, -0.25) is 9.36 Å². The first-order valence-electron chi connectivity index (χ1n) is 10.4. The first kappa shape index (κ1) is 23.7. The van der Waals surface area contributed by atoms with E-state index in [1.807, 2.05) is 60.0 Å². The summed E-state index contributed by atoms with van der Waals surface area (Å²) >= 11 is 7.36. The Morgan fingerprint density at radius 1 is 0.971 bits per heavy atom. The molecule has 34 heavy (non-hydrogen) atoms. The highest BCUT2D eigenvalue weighted by molar-refractivity contribution is 7.99. The molecule has 0 fully saturated rings. The molecule has 4 rings (SSSR count). The second-order valence-corrected chi connectivity index (χ2v) is 8.77. The van der Waals surface area contributed by atoms with Crippen LogP contribution in [-0.4, -0.2) is 40.6 Å². The fourth-order valence-corrected chi connectivity index (χ4v) is 4.19. The van der Waals surface area contributed by atoms with Crippen LogP contribution in [0, 0.1) is 6.92 Å². The molecule has 0 aliphatic carbocycles. The lowest BCUT2D eigenvalue weighted by Gasteiger charge is -2.12. The molecule has 174 valence electrons. The molecule has 0 atom stereocenters. The highest BCUT2D eigenvalue weighted by Gasteiger charge is 2.18. The van der Waals surface area contributed by atoms with Crippen LogP contribution < -0.4 is 14.8 Å². The molecule has 7 nitrogen and oxygen atoms in total. The summed E-state index contributed by atoms with van der Waals surface area (Å²) in [6.07, 6.45) is 0. The van der Waals surface area contributed by atoms with Crippen LogP contribution in [0.5, 0.6) is 11.5 Å².